The monoisotopic (exact) mass is 303 g/mol. The van der Waals surface area contributed by atoms with E-state index >= 15 is 0 Å². The van der Waals surface area contributed by atoms with Gasteiger partial charge in [-0.1, -0.05) is 23.4 Å². The number of nitrogens with one attached hydrogen (secondary N) is 1. The summed E-state index contributed by atoms with van der Waals surface area (Å²) >= 11 is 0. The van der Waals surface area contributed by atoms with Gasteiger partial charge in [-0.3, -0.25) is 9.69 Å². The first-order valence-corrected chi connectivity index (χ1v) is 7.18. The fourth-order valence-corrected chi connectivity index (χ4v) is 1.87. The number of hydrogen-bond acceptors (Lipinski definition) is 5. The van der Waals surface area contributed by atoms with E-state index in [0.29, 0.717) is 24.7 Å². The Hall–Kier alpha value is -2.34. The molecule has 0 aliphatic heterocycles. The second-order valence-corrected chi connectivity index (χ2v) is 5.13. The number of aromatic nitrogens is 1. The summed E-state index contributed by atoms with van der Waals surface area (Å²) < 4.78 is 10.5. The molecule has 2 aromatic rings. The number of anilines is 1. The molecule has 1 aromatic carbocycles. The minimum Gasteiger partial charge on any atom is -0.492 e. The Bertz CT molecular complexity index is 598. The molecule has 1 atom stereocenters. The predicted octanol–water partition coefficient (Wildman–Crippen LogP) is 2.32. The standard InChI is InChI=1S/C16H21N3O3/c1-12-11-15(18-22-12)17-16(20)13(2)19(3)9-10-21-14-7-5-4-6-8-14/h4-8,11,13H,9-10H2,1-3H3,(H,17,18,20). The van der Waals surface area contributed by atoms with Gasteiger partial charge in [0.25, 0.3) is 0 Å². The zero-order valence-electron chi connectivity index (χ0n) is 13.1. The van der Waals surface area contributed by atoms with Crippen molar-refractivity contribution in [3.05, 3.63) is 42.2 Å². The highest BCUT2D eigenvalue weighted by Crippen LogP contribution is 2.10. The molecule has 0 fully saturated rings. The molecule has 2 rings (SSSR count). The molecule has 1 N–H and O–H groups in total. The molecule has 1 heterocycles. The number of aryl methyl sites for hydroxylation is 1. The van der Waals surface area contributed by atoms with Gasteiger partial charge in [-0.05, 0) is 33.0 Å². The van der Waals surface area contributed by atoms with Crippen molar-refractivity contribution in [1.82, 2.24) is 10.1 Å². The van der Waals surface area contributed by atoms with E-state index in [1.807, 2.05) is 49.2 Å². The topological polar surface area (TPSA) is 67.6 Å². The lowest BCUT2D eigenvalue weighted by Crippen LogP contribution is -2.41. The third-order valence-electron chi connectivity index (χ3n) is 3.38. The minimum absolute atomic E-state index is 0.129. The number of para-hydroxylation sites is 1. The Balaban J connectivity index is 1.76. The molecular formula is C16H21N3O3. The van der Waals surface area contributed by atoms with Gasteiger partial charge in [0.2, 0.25) is 5.91 Å². The van der Waals surface area contributed by atoms with E-state index in [9.17, 15) is 4.79 Å². The first kappa shape index (κ1) is 16.0. The Morgan fingerprint density at radius 1 is 1.41 bits per heavy atom. The largest absolute Gasteiger partial charge is 0.492 e. The molecular weight excluding hydrogens is 282 g/mol. The third-order valence-corrected chi connectivity index (χ3v) is 3.38. The Morgan fingerprint density at radius 2 is 2.14 bits per heavy atom. The van der Waals surface area contributed by atoms with Crippen molar-refractivity contribution in [3.63, 3.8) is 0 Å². The van der Waals surface area contributed by atoms with E-state index in [4.69, 9.17) is 9.26 Å². The van der Waals surface area contributed by atoms with Crippen LogP contribution in [0.3, 0.4) is 0 Å². The summed E-state index contributed by atoms with van der Waals surface area (Å²) in [4.78, 5) is 14.0. The molecule has 0 bridgehead atoms. The average molecular weight is 303 g/mol. The Morgan fingerprint density at radius 3 is 2.77 bits per heavy atom. The smallest absolute Gasteiger partial charge is 0.242 e. The zero-order chi connectivity index (χ0) is 15.9. The molecule has 118 valence electrons. The summed E-state index contributed by atoms with van der Waals surface area (Å²) in [6.45, 7) is 4.77. The molecule has 0 saturated heterocycles. The number of hydrogen-bond donors (Lipinski definition) is 1. The van der Waals surface area contributed by atoms with Crippen LogP contribution in [-0.2, 0) is 4.79 Å². The number of amides is 1. The van der Waals surface area contributed by atoms with Gasteiger partial charge in [-0.15, -0.1) is 0 Å². The minimum atomic E-state index is -0.295. The maximum Gasteiger partial charge on any atom is 0.242 e. The summed E-state index contributed by atoms with van der Waals surface area (Å²) in [5.74, 6) is 1.79. The van der Waals surface area contributed by atoms with E-state index in [1.165, 1.54) is 0 Å². The van der Waals surface area contributed by atoms with Gasteiger partial charge in [0.1, 0.15) is 18.1 Å². The van der Waals surface area contributed by atoms with Crippen molar-refractivity contribution >= 4 is 11.7 Å². The lowest BCUT2D eigenvalue weighted by Gasteiger charge is -2.23. The van der Waals surface area contributed by atoms with Gasteiger partial charge < -0.3 is 14.6 Å². The van der Waals surface area contributed by atoms with Crippen LogP contribution in [0.25, 0.3) is 0 Å². The van der Waals surface area contributed by atoms with Crippen LogP contribution in [0.5, 0.6) is 5.75 Å². The molecule has 1 unspecified atom stereocenters. The van der Waals surface area contributed by atoms with Gasteiger partial charge in [-0.25, -0.2) is 0 Å². The molecule has 6 heteroatoms. The zero-order valence-corrected chi connectivity index (χ0v) is 13.1. The van der Waals surface area contributed by atoms with Crippen LogP contribution in [0, 0.1) is 6.92 Å². The number of ether oxygens (including phenoxy) is 1. The second-order valence-electron chi connectivity index (χ2n) is 5.13. The van der Waals surface area contributed by atoms with Crippen LogP contribution in [0.15, 0.2) is 40.9 Å². The van der Waals surface area contributed by atoms with E-state index < -0.39 is 0 Å². The number of nitrogens with zero attached hydrogens (tertiary/aromatic N) is 2. The lowest BCUT2D eigenvalue weighted by molar-refractivity contribution is -0.120. The van der Waals surface area contributed by atoms with Crippen LogP contribution in [0.1, 0.15) is 12.7 Å². The molecule has 0 aliphatic rings. The maximum absolute atomic E-state index is 12.1. The fraction of sp³-hybridized carbons (Fsp3) is 0.375. The first-order valence-electron chi connectivity index (χ1n) is 7.18. The maximum atomic E-state index is 12.1. The fourth-order valence-electron chi connectivity index (χ4n) is 1.87. The third kappa shape index (κ3) is 4.60. The Kier molecular flexibility index (Phi) is 5.55. The summed E-state index contributed by atoms with van der Waals surface area (Å²) in [5.41, 5.74) is 0. The SMILES string of the molecule is Cc1cc(NC(=O)C(C)N(C)CCOc2ccccc2)no1. The van der Waals surface area contributed by atoms with E-state index in [1.54, 1.807) is 13.0 Å². The van der Waals surface area contributed by atoms with Crippen LogP contribution in [0.2, 0.25) is 0 Å². The molecule has 0 aliphatic carbocycles. The number of carbonyl (C=O) groups is 1. The number of carbonyl (C=O) groups excluding carboxylic acids is 1. The molecule has 6 nitrogen and oxygen atoms in total. The quantitative estimate of drug-likeness (QED) is 0.850. The highest BCUT2D eigenvalue weighted by Gasteiger charge is 2.19. The van der Waals surface area contributed by atoms with Crippen molar-refractivity contribution < 1.29 is 14.1 Å². The normalized spacial score (nSPS) is 12.2. The van der Waals surface area contributed by atoms with E-state index in [2.05, 4.69) is 10.5 Å². The van der Waals surface area contributed by atoms with Crippen LogP contribution in [0.4, 0.5) is 5.82 Å². The van der Waals surface area contributed by atoms with Gasteiger partial charge in [0.15, 0.2) is 5.82 Å². The van der Waals surface area contributed by atoms with Crippen molar-refractivity contribution in [1.29, 1.82) is 0 Å². The molecule has 0 saturated carbocycles. The lowest BCUT2D eigenvalue weighted by atomic mass is 10.2. The molecule has 0 spiro atoms. The highest BCUT2D eigenvalue weighted by molar-refractivity contribution is 5.93. The summed E-state index contributed by atoms with van der Waals surface area (Å²) in [6.07, 6.45) is 0. The first-order chi connectivity index (χ1) is 10.6. The second kappa shape index (κ2) is 7.61. The number of likely N-dealkylation sites (N-methyl/N-ethyl adjacent to an activating group) is 1. The van der Waals surface area contributed by atoms with Crippen LogP contribution in [-0.4, -0.2) is 42.2 Å². The predicted molar refractivity (Wildman–Crippen MR) is 83.9 cm³/mol. The van der Waals surface area contributed by atoms with E-state index in [-0.39, 0.29) is 11.9 Å². The van der Waals surface area contributed by atoms with Crippen LogP contribution < -0.4 is 10.1 Å². The van der Waals surface area contributed by atoms with Gasteiger partial charge in [0.05, 0.1) is 6.04 Å². The van der Waals surface area contributed by atoms with Crippen molar-refractivity contribution in [2.24, 2.45) is 0 Å². The van der Waals surface area contributed by atoms with Crippen LogP contribution >= 0.6 is 0 Å². The van der Waals surface area contributed by atoms with Crippen molar-refractivity contribution in [3.8, 4) is 5.75 Å². The summed E-state index contributed by atoms with van der Waals surface area (Å²) in [7, 11) is 1.88. The number of rotatable bonds is 7. The Labute approximate surface area is 130 Å². The number of benzene rings is 1. The van der Waals surface area contributed by atoms with Gasteiger partial charge in [0, 0.05) is 12.6 Å². The molecule has 1 amide bonds. The van der Waals surface area contributed by atoms with E-state index in [0.717, 1.165) is 5.75 Å². The van der Waals surface area contributed by atoms with Crippen molar-refractivity contribution in [2.45, 2.75) is 19.9 Å². The van der Waals surface area contributed by atoms with Gasteiger partial charge in [-0.2, -0.15) is 0 Å². The molecule has 1 aromatic heterocycles. The average Bonchev–Trinajstić information content (AvgIpc) is 2.92. The summed E-state index contributed by atoms with van der Waals surface area (Å²) in [5, 5.41) is 6.47. The van der Waals surface area contributed by atoms with Crippen molar-refractivity contribution in [2.75, 3.05) is 25.5 Å². The van der Waals surface area contributed by atoms with Gasteiger partial charge >= 0.3 is 0 Å². The summed E-state index contributed by atoms with van der Waals surface area (Å²) in [6, 6.07) is 11.0. The molecule has 0 radical (unpaired) electrons. The molecule has 22 heavy (non-hydrogen) atoms. The highest BCUT2D eigenvalue weighted by atomic mass is 16.5.